The first kappa shape index (κ1) is 21.7. The van der Waals surface area contributed by atoms with Gasteiger partial charge < -0.3 is 19.4 Å². The summed E-state index contributed by atoms with van der Waals surface area (Å²) >= 11 is 0. The van der Waals surface area contributed by atoms with Crippen LogP contribution < -0.4 is 0 Å². The van der Waals surface area contributed by atoms with Crippen molar-refractivity contribution >= 4 is 11.8 Å². The normalized spacial score (nSPS) is 47.3. The van der Waals surface area contributed by atoms with Gasteiger partial charge in [-0.15, -0.1) is 0 Å². The second-order valence-electron chi connectivity index (χ2n) is 10.8. The summed E-state index contributed by atoms with van der Waals surface area (Å²) < 4.78 is 11.0. The Kier molecular flexibility index (Phi) is 4.68. The van der Waals surface area contributed by atoms with E-state index in [-0.39, 0.29) is 23.0 Å². The van der Waals surface area contributed by atoms with Gasteiger partial charge in [0, 0.05) is 23.7 Å². The first-order valence-corrected chi connectivity index (χ1v) is 11.6. The zero-order valence-electron chi connectivity index (χ0n) is 19.1. The molecule has 9 atom stereocenters. The van der Waals surface area contributed by atoms with Gasteiger partial charge in [-0.05, 0) is 54.2 Å². The van der Waals surface area contributed by atoms with E-state index in [4.69, 9.17) is 9.15 Å². The lowest BCUT2D eigenvalue weighted by Gasteiger charge is -2.65. The summed E-state index contributed by atoms with van der Waals surface area (Å²) in [6.07, 6.45) is 8.11. The third-order valence-electron chi connectivity index (χ3n) is 9.49. The van der Waals surface area contributed by atoms with Gasteiger partial charge in [-0.1, -0.05) is 38.5 Å². The van der Waals surface area contributed by atoms with Gasteiger partial charge in [-0.25, -0.2) is 0 Å². The van der Waals surface area contributed by atoms with Crippen molar-refractivity contribution in [3.63, 3.8) is 0 Å². The summed E-state index contributed by atoms with van der Waals surface area (Å²) in [6, 6.07) is 2.00. The van der Waals surface area contributed by atoms with Crippen molar-refractivity contribution in [3.05, 3.63) is 48.0 Å². The number of rotatable bonds is 2. The SMILES string of the molecule is CC(=O)O[C@@H]1[C@H]2[C@@H](O)C=CC(=O)[C@]2(C)[C@H]2CC[C@]3(C)C(=CC[C@H]3c3ccoc3)[C@]2(C)[C@@H]1O. The van der Waals surface area contributed by atoms with Gasteiger partial charge in [0.15, 0.2) is 5.78 Å². The number of ketones is 1. The maximum Gasteiger partial charge on any atom is 0.303 e. The fraction of sp³-hybridized carbons (Fsp3) is 0.615. The molecule has 5 rings (SSSR count). The van der Waals surface area contributed by atoms with Crippen LogP contribution in [0.25, 0.3) is 0 Å². The molecule has 2 fully saturated rings. The van der Waals surface area contributed by atoms with E-state index in [2.05, 4.69) is 13.0 Å². The Hall–Kier alpha value is -2.18. The van der Waals surface area contributed by atoms with Crippen molar-refractivity contribution in [1.82, 2.24) is 0 Å². The van der Waals surface area contributed by atoms with Crippen molar-refractivity contribution in [3.8, 4) is 0 Å². The van der Waals surface area contributed by atoms with E-state index in [0.717, 1.165) is 30.4 Å². The number of allylic oxidation sites excluding steroid dienone is 2. The molecule has 6 heteroatoms. The Morgan fingerprint density at radius 3 is 2.62 bits per heavy atom. The topological polar surface area (TPSA) is 97.0 Å². The van der Waals surface area contributed by atoms with Crippen molar-refractivity contribution in [2.45, 2.75) is 71.2 Å². The number of esters is 1. The van der Waals surface area contributed by atoms with Crippen LogP contribution >= 0.6 is 0 Å². The van der Waals surface area contributed by atoms with E-state index in [1.807, 2.05) is 19.9 Å². The fourth-order valence-electron chi connectivity index (χ4n) is 8.07. The Bertz CT molecular complexity index is 1010. The number of fused-ring (bicyclic) bond motifs is 5. The molecule has 0 radical (unpaired) electrons. The molecule has 0 saturated heterocycles. The van der Waals surface area contributed by atoms with Crippen LogP contribution in [0.15, 0.2) is 46.8 Å². The number of carbonyl (C=O) groups is 2. The molecule has 1 aromatic heterocycles. The van der Waals surface area contributed by atoms with Crippen molar-refractivity contribution in [1.29, 1.82) is 0 Å². The highest BCUT2D eigenvalue weighted by Gasteiger charge is 2.71. The third kappa shape index (κ3) is 2.54. The Balaban J connectivity index is 1.66. The largest absolute Gasteiger partial charge is 0.472 e. The quantitative estimate of drug-likeness (QED) is 0.539. The van der Waals surface area contributed by atoms with E-state index in [9.17, 15) is 19.8 Å². The standard InChI is InChI=1S/C26H32O6/c1-14(27)32-22-21-17(28)6-8-20(29)26(21,4)19-9-11-24(2)16(15-10-12-31-13-15)5-7-18(24)25(19,3)23(22)30/h6-8,10,12-13,16-17,19,21-23,28,30H,5,9,11H2,1-4H3/t16-,17-,19-,21+,22+,23+,24-,25-,26-/m0/s1. The van der Waals surface area contributed by atoms with Crippen LogP contribution in [0, 0.1) is 28.1 Å². The maximum absolute atomic E-state index is 13.4. The highest BCUT2D eigenvalue weighted by atomic mass is 16.6. The van der Waals surface area contributed by atoms with Crippen LogP contribution in [-0.4, -0.2) is 40.3 Å². The zero-order valence-corrected chi connectivity index (χ0v) is 19.1. The molecule has 2 saturated carbocycles. The Morgan fingerprint density at radius 1 is 1.22 bits per heavy atom. The highest BCUT2D eigenvalue weighted by Crippen LogP contribution is 2.71. The van der Waals surface area contributed by atoms with Crippen LogP contribution in [0.5, 0.6) is 0 Å². The molecule has 6 nitrogen and oxygen atoms in total. The first-order valence-electron chi connectivity index (χ1n) is 11.6. The molecule has 1 aromatic rings. The van der Waals surface area contributed by atoms with E-state index in [1.54, 1.807) is 12.5 Å². The summed E-state index contributed by atoms with van der Waals surface area (Å²) in [5, 5.41) is 22.7. The van der Waals surface area contributed by atoms with Crippen LogP contribution in [0.1, 0.15) is 58.4 Å². The molecule has 0 spiro atoms. The minimum absolute atomic E-state index is 0.0679. The number of furan rings is 1. The highest BCUT2D eigenvalue weighted by molar-refractivity contribution is 5.96. The smallest absolute Gasteiger partial charge is 0.303 e. The molecule has 4 aliphatic rings. The lowest BCUT2D eigenvalue weighted by atomic mass is 9.39. The maximum atomic E-state index is 13.4. The molecule has 2 N–H and O–H groups in total. The van der Waals surface area contributed by atoms with Crippen molar-refractivity contribution < 1.29 is 29.0 Å². The molecule has 172 valence electrons. The molecule has 0 aliphatic heterocycles. The number of aliphatic hydroxyl groups is 2. The van der Waals surface area contributed by atoms with Crippen LogP contribution in [0.4, 0.5) is 0 Å². The van der Waals surface area contributed by atoms with E-state index >= 15 is 0 Å². The van der Waals surface area contributed by atoms with Gasteiger partial charge in [0.25, 0.3) is 0 Å². The molecular weight excluding hydrogens is 408 g/mol. The Labute approximate surface area is 188 Å². The molecule has 32 heavy (non-hydrogen) atoms. The second kappa shape index (κ2) is 6.91. The van der Waals surface area contributed by atoms with Gasteiger partial charge in [0.1, 0.15) is 12.2 Å². The zero-order chi connectivity index (χ0) is 23.1. The second-order valence-corrected chi connectivity index (χ2v) is 10.8. The van der Waals surface area contributed by atoms with Crippen molar-refractivity contribution in [2.75, 3.05) is 0 Å². The molecular formula is C26H32O6. The number of carbonyl (C=O) groups excluding carboxylic acids is 2. The van der Waals surface area contributed by atoms with E-state index in [1.165, 1.54) is 19.1 Å². The molecule has 4 aliphatic carbocycles. The molecule has 0 unspecified atom stereocenters. The lowest BCUT2D eigenvalue weighted by molar-refractivity contribution is -0.229. The lowest BCUT2D eigenvalue weighted by Crippen LogP contribution is -2.70. The predicted molar refractivity (Wildman–Crippen MR) is 116 cm³/mol. The van der Waals surface area contributed by atoms with Crippen LogP contribution in [-0.2, 0) is 14.3 Å². The summed E-state index contributed by atoms with van der Waals surface area (Å²) in [6.45, 7) is 7.47. The number of hydrogen-bond acceptors (Lipinski definition) is 6. The Morgan fingerprint density at radius 2 is 1.97 bits per heavy atom. The minimum Gasteiger partial charge on any atom is -0.472 e. The minimum atomic E-state index is -1.03. The van der Waals surface area contributed by atoms with Gasteiger partial charge in [-0.2, -0.15) is 0 Å². The number of ether oxygens (including phenoxy) is 1. The molecule has 0 aromatic carbocycles. The average Bonchev–Trinajstić information content (AvgIpc) is 3.36. The summed E-state index contributed by atoms with van der Waals surface area (Å²) in [4.78, 5) is 25.4. The number of hydrogen-bond donors (Lipinski definition) is 2. The number of aliphatic hydroxyl groups excluding tert-OH is 2. The van der Waals surface area contributed by atoms with Gasteiger partial charge >= 0.3 is 5.97 Å². The first-order chi connectivity index (χ1) is 15.1. The molecule has 0 bridgehead atoms. The monoisotopic (exact) mass is 440 g/mol. The van der Waals surface area contributed by atoms with E-state index in [0.29, 0.717) is 0 Å². The summed E-state index contributed by atoms with van der Waals surface area (Å²) in [7, 11) is 0. The fourth-order valence-corrected chi connectivity index (χ4v) is 8.07. The third-order valence-corrected chi connectivity index (χ3v) is 9.49. The average molecular weight is 441 g/mol. The van der Waals surface area contributed by atoms with Crippen molar-refractivity contribution in [2.24, 2.45) is 28.1 Å². The van der Waals surface area contributed by atoms with Gasteiger partial charge in [0.2, 0.25) is 0 Å². The predicted octanol–water partition coefficient (Wildman–Crippen LogP) is 3.54. The molecule has 0 amide bonds. The summed E-state index contributed by atoms with van der Waals surface area (Å²) in [5.41, 5.74) is 0.356. The summed E-state index contributed by atoms with van der Waals surface area (Å²) in [5.74, 6) is -1.24. The van der Waals surface area contributed by atoms with Crippen LogP contribution in [0.3, 0.4) is 0 Å². The van der Waals surface area contributed by atoms with Gasteiger partial charge in [-0.3, -0.25) is 9.59 Å². The van der Waals surface area contributed by atoms with Crippen LogP contribution in [0.2, 0.25) is 0 Å². The van der Waals surface area contributed by atoms with E-state index < -0.39 is 41.0 Å². The molecule has 1 heterocycles. The van der Waals surface area contributed by atoms with Gasteiger partial charge in [0.05, 0.1) is 18.6 Å².